The number of allylic oxidation sites excluding steroid dienone is 1. The maximum absolute atomic E-state index is 11.9. The molecule has 0 fully saturated rings. The molecule has 82 valence electrons. The monoisotopic (exact) mass is 280 g/mol. The Morgan fingerprint density at radius 1 is 1.40 bits per heavy atom. The Kier molecular flexibility index (Phi) is 3.79. The lowest BCUT2D eigenvalue weighted by atomic mass is 10.1. The van der Waals surface area contributed by atoms with E-state index in [0.29, 0.717) is 16.5 Å². The first-order chi connectivity index (χ1) is 6.92. The standard InChI is InChI=1S/C10H8BrF3O/c1-7(6-11)8-3-2-4-9(5-8)15-10(12,13)14/h2-5H,1,6H2. The average Bonchev–Trinajstić information content (AvgIpc) is 2.14. The molecule has 0 aliphatic carbocycles. The summed E-state index contributed by atoms with van der Waals surface area (Å²) in [4.78, 5) is 0. The molecule has 1 rings (SSSR count). The zero-order chi connectivity index (χ0) is 11.5. The molecule has 0 aliphatic heterocycles. The van der Waals surface area contributed by atoms with Crippen LogP contribution in [-0.2, 0) is 0 Å². The number of halogens is 4. The van der Waals surface area contributed by atoms with Crippen LogP contribution in [0.4, 0.5) is 13.2 Å². The van der Waals surface area contributed by atoms with Crippen molar-refractivity contribution in [2.75, 3.05) is 5.33 Å². The van der Waals surface area contributed by atoms with Gasteiger partial charge in [0.1, 0.15) is 5.75 Å². The minimum atomic E-state index is -4.66. The van der Waals surface area contributed by atoms with E-state index >= 15 is 0 Å². The van der Waals surface area contributed by atoms with E-state index in [1.807, 2.05) is 0 Å². The van der Waals surface area contributed by atoms with Crippen LogP contribution in [0, 0.1) is 0 Å². The van der Waals surface area contributed by atoms with E-state index in [4.69, 9.17) is 0 Å². The molecule has 1 aromatic rings. The minimum absolute atomic E-state index is 0.234. The predicted molar refractivity (Wildman–Crippen MR) is 56.0 cm³/mol. The molecule has 0 bridgehead atoms. The van der Waals surface area contributed by atoms with E-state index in [-0.39, 0.29) is 5.75 Å². The Bertz CT molecular complexity index is 360. The van der Waals surface area contributed by atoms with E-state index < -0.39 is 6.36 Å². The van der Waals surface area contributed by atoms with Gasteiger partial charge in [0.05, 0.1) is 0 Å². The van der Waals surface area contributed by atoms with Gasteiger partial charge in [-0.05, 0) is 23.3 Å². The van der Waals surface area contributed by atoms with Crippen LogP contribution in [0.15, 0.2) is 30.8 Å². The Hall–Kier alpha value is -0.970. The molecule has 1 aromatic carbocycles. The lowest BCUT2D eigenvalue weighted by Gasteiger charge is -2.10. The van der Waals surface area contributed by atoms with Gasteiger partial charge in [-0.3, -0.25) is 0 Å². The summed E-state index contributed by atoms with van der Waals surface area (Å²) in [5.74, 6) is -0.234. The second-order valence-electron chi connectivity index (χ2n) is 2.81. The van der Waals surface area contributed by atoms with Gasteiger partial charge in [-0.2, -0.15) is 0 Å². The van der Waals surface area contributed by atoms with Crippen LogP contribution in [0.3, 0.4) is 0 Å². The molecule has 0 unspecified atom stereocenters. The van der Waals surface area contributed by atoms with Crippen LogP contribution in [0.5, 0.6) is 5.75 Å². The number of hydrogen-bond acceptors (Lipinski definition) is 1. The number of benzene rings is 1. The molecule has 0 atom stereocenters. The molecule has 0 radical (unpaired) electrons. The first kappa shape index (κ1) is 12.1. The van der Waals surface area contributed by atoms with Gasteiger partial charge >= 0.3 is 6.36 Å². The van der Waals surface area contributed by atoms with Crippen molar-refractivity contribution in [2.24, 2.45) is 0 Å². The minimum Gasteiger partial charge on any atom is -0.406 e. The van der Waals surface area contributed by atoms with Gasteiger partial charge in [0.25, 0.3) is 0 Å². The Morgan fingerprint density at radius 2 is 2.07 bits per heavy atom. The van der Waals surface area contributed by atoms with Crippen molar-refractivity contribution in [1.29, 1.82) is 0 Å². The summed E-state index contributed by atoms with van der Waals surface area (Å²) in [6, 6.07) is 5.71. The summed E-state index contributed by atoms with van der Waals surface area (Å²) in [5.41, 5.74) is 1.32. The van der Waals surface area contributed by atoms with E-state index in [1.165, 1.54) is 18.2 Å². The Morgan fingerprint density at radius 3 is 2.60 bits per heavy atom. The molecule has 0 saturated carbocycles. The maximum Gasteiger partial charge on any atom is 0.573 e. The zero-order valence-corrected chi connectivity index (χ0v) is 9.23. The van der Waals surface area contributed by atoms with Crippen LogP contribution in [0.1, 0.15) is 5.56 Å². The van der Waals surface area contributed by atoms with Crippen molar-refractivity contribution in [1.82, 2.24) is 0 Å². The smallest absolute Gasteiger partial charge is 0.406 e. The van der Waals surface area contributed by atoms with Crippen molar-refractivity contribution in [3.8, 4) is 5.75 Å². The van der Waals surface area contributed by atoms with Crippen LogP contribution in [0.25, 0.3) is 5.57 Å². The fraction of sp³-hybridized carbons (Fsp3) is 0.200. The molecule has 0 aliphatic rings. The highest BCUT2D eigenvalue weighted by Crippen LogP contribution is 2.25. The third kappa shape index (κ3) is 3.95. The van der Waals surface area contributed by atoms with Crippen molar-refractivity contribution in [3.63, 3.8) is 0 Å². The molecule has 0 spiro atoms. The second-order valence-corrected chi connectivity index (χ2v) is 3.37. The Balaban J connectivity index is 2.88. The zero-order valence-electron chi connectivity index (χ0n) is 7.64. The fourth-order valence-electron chi connectivity index (χ4n) is 0.990. The highest BCUT2D eigenvalue weighted by Gasteiger charge is 2.31. The van der Waals surface area contributed by atoms with E-state index in [2.05, 4.69) is 27.2 Å². The topological polar surface area (TPSA) is 9.23 Å². The predicted octanol–water partition coefficient (Wildman–Crippen LogP) is 3.99. The van der Waals surface area contributed by atoms with Gasteiger partial charge in [0, 0.05) is 5.33 Å². The summed E-state index contributed by atoms with van der Waals surface area (Å²) in [5, 5.41) is 0.502. The van der Waals surface area contributed by atoms with Gasteiger partial charge in [-0.1, -0.05) is 34.6 Å². The highest BCUT2D eigenvalue weighted by atomic mass is 79.9. The number of ether oxygens (including phenoxy) is 1. The van der Waals surface area contributed by atoms with Gasteiger partial charge in [-0.25, -0.2) is 0 Å². The third-order valence-electron chi connectivity index (χ3n) is 1.64. The van der Waals surface area contributed by atoms with E-state index in [9.17, 15) is 13.2 Å². The molecule has 15 heavy (non-hydrogen) atoms. The van der Waals surface area contributed by atoms with Gasteiger partial charge in [0.15, 0.2) is 0 Å². The molecule has 0 heterocycles. The lowest BCUT2D eigenvalue weighted by molar-refractivity contribution is -0.274. The molecule has 0 aromatic heterocycles. The third-order valence-corrected chi connectivity index (χ3v) is 2.31. The first-order valence-corrected chi connectivity index (χ1v) is 5.14. The normalized spacial score (nSPS) is 11.2. The summed E-state index contributed by atoms with van der Waals surface area (Å²) in [7, 11) is 0. The molecule has 0 saturated heterocycles. The molecular formula is C10H8BrF3O. The van der Waals surface area contributed by atoms with Crippen molar-refractivity contribution in [2.45, 2.75) is 6.36 Å². The van der Waals surface area contributed by atoms with Crippen LogP contribution in [0.2, 0.25) is 0 Å². The molecule has 5 heteroatoms. The van der Waals surface area contributed by atoms with Gasteiger partial charge in [-0.15, -0.1) is 13.2 Å². The highest BCUT2D eigenvalue weighted by molar-refractivity contribution is 9.09. The maximum atomic E-state index is 11.9. The molecule has 1 nitrogen and oxygen atoms in total. The molecule has 0 amide bonds. The van der Waals surface area contributed by atoms with E-state index in [0.717, 1.165) is 0 Å². The quantitative estimate of drug-likeness (QED) is 0.761. The number of alkyl halides is 4. The van der Waals surface area contributed by atoms with E-state index in [1.54, 1.807) is 6.07 Å². The fourth-order valence-corrected chi connectivity index (χ4v) is 1.31. The summed E-state index contributed by atoms with van der Waals surface area (Å²) in [6.45, 7) is 3.70. The summed E-state index contributed by atoms with van der Waals surface area (Å²) < 4.78 is 39.5. The largest absolute Gasteiger partial charge is 0.573 e. The second kappa shape index (κ2) is 4.70. The van der Waals surface area contributed by atoms with Gasteiger partial charge in [0.2, 0.25) is 0 Å². The van der Waals surface area contributed by atoms with Crippen LogP contribution in [-0.4, -0.2) is 11.7 Å². The van der Waals surface area contributed by atoms with Crippen molar-refractivity contribution in [3.05, 3.63) is 36.4 Å². The van der Waals surface area contributed by atoms with Crippen molar-refractivity contribution < 1.29 is 17.9 Å². The van der Waals surface area contributed by atoms with Crippen LogP contribution < -0.4 is 4.74 Å². The Labute approximate surface area is 93.7 Å². The van der Waals surface area contributed by atoms with Crippen molar-refractivity contribution >= 4 is 21.5 Å². The summed E-state index contributed by atoms with van der Waals surface area (Å²) in [6.07, 6.45) is -4.66. The number of hydrogen-bond donors (Lipinski definition) is 0. The molecule has 0 N–H and O–H groups in total. The average molecular weight is 281 g/mol. The number of rotatable bonds is 3. The first-order valence-electron chi connectivity index (χ1n) is 4.02. The van der Waals surface area contributed by atoms with Gasteiger partial charge < -0.3 is 4.74 Å². The van der Waals surface area contributed by atoms with Crippen LogP contribution >= 0.6 is 15.9 Å². The molecular weight excluding hydrogens is 273 g/mol. The lowest BCUT2D eigenvalue weighted by Crippen LogP contribution is -2.17. The SMILES string of the molecule is C=C(CBr)c1cccc(OC(F)(F)F)c1. The summed E-state index contributed by atoms with van der Waals surface area (Å²) >= 11 is 3.17.